The molecule has 7 heteroatoms. The molecule has 2 amide bonds. The van der Waals surface area contributed by atoms with Gasteiger partial charge in [-0.25, -0.2) is 9.69 Å². The normalized spacial score (nSPS) is 16.8. The fraction of sp³-hybridized carbons (Fsp3) is 0.211. The first-order valence-electron chi connectivity index (χ1n) is 8.05. The summed E-state index contributed by atoms with van der Waals surface area (Å²) in [4.78, 5) is 37.2. The number of phenols is 1. The van der Waals surface area contributed by atoms with Crippen molar-refractivity contribution in [3.8, 4) is 5.75 Å². The highest BCUT2D eigenvalue weighted by atomic mass is 16.4. The Morgan fingerprint density at radius 1 is 1.15 bits per heavy atom. The van der Waals surface area contributed by atoms with Crippen LogP contribution in [-0.2, 0) is 9.59 Å². The Kier molecular flexibility index (Phi) is 4.38. The topological polar surface area (TPSA) is 107 Å². The highest BCUT2D eigenvalue weighted by Gasteiger charge is 2.40. The summed E-state index contributed by atoms with van der Waals surface area (Å²) in [6.07, 6.45) is -0.0322. The number of amides is 2. The van der Waals surface area contributed by atoms with Crippen LogP contribution in [0.3, 0.4) is 0 Å². The zero-order valence-corrected chi connectivity index (χ0v) is 14.3. The van der Waals surface area contributed by atoms with E-state index in [2.05, 4.69) is 5.32 Å². The van der Waals surface area contributed by atoms with E-state index < -0.39 is 29.6 Å². The van der Waals surface area contributed by atoms with Gasteiger partial charge in [0.05, 0.1) is 12.1 Å². The molecule has 3 rings (SSSR count). The number of carboxylic acids is 1. The zero-order valence-electron chi connectivity index (χ0n) is 14.3. The summed E-state index contributed by atoms with van der Waals surface area (Å²) in [7, 11) is 0. The van der Waals surface area contributed by atoms with Crippen LogP contribution in [0.4, 0.5) is 11.4 Å². The number of nitrogens with one attached hydrogen (secondary N) is 1. The Morgan fingerprint density at radius 2 is 1.88 bits per heavy atom. The number of aromatic carboxylic acids is 1. The van der Waals surface area contributed by atoms with Crippen molar-refractivity contribution in [1.82, 2.24) is 0 Å². The molecule has 2 aromatic rings. The summed E-state index contributed by atoms with van der Waals surface area (Å²) >= 11 is 0. The maximum Gasteiger partial charge on any atom is 0.339 e. The Balaban J connectivity index is 1.89. The molecule has 7 nitrogen and oxygen atoms in total. The fourth-order valence-electron chi connectivity index (χ4n) is 2.93. The number of anilines is 2. The number of carboxylic acid groups (broad SMARTS) is 1. The minimum atomic E-state index is -1.34. The molecule has 0 saturated carbocycles. The Hall–Kier alpha value is -3.35. The van der Waals surface area contributed by atoms with Crippen molar-refractivity contribution in [1.29, 1.82) is 0 Å². The molecule has 1 saturated heterocycles. The van der Waals surface area contributed by atoms with Crippen molar-refractivity contribution in [3.05, 3.63) is 53.1 Å². The van der Waals surface area contributed by atoms with Crippen LogP contribution in [0.5, 0.6) is 5.75 Å². The second kappa shape index (κ2) is 6.51. The van der Waals surface area contributed by atoms with Gasteiger partial charge in [0.15, 0.2) is 0 Å². The van der Waals surface area contributed by atoms with Crippen LogP contribution in [0.15, 0.2) is 36.4 Å². The molecule has 1 atom stereocenters. The molecule has 0 aromatic heterocycles. The Morgan fingerprint density at radius 3 is 2.58 bits per heavy atom. The maximum absolute atomic E-state index is 12.7. The van der Waals surface area contributed by atoms with Crippen LogP contribution in [-0.4, -0.2) is 34.0 Å². The van der Waals surface area contributed by atoms with E-state index in [1.165, 1.54) is 6.07 Å². The lowest BCUT2D eigenvalue weighted by molar-refractivity contribution is -0.121. The van der Waals surface area contributed by atoms with Gasteiger partial charge in [-0.1, -0.05) is 12.1 Å². The molecule has 1 aliphatic heterocycles. The summed E-state index contributed by atoms with van der Waals surface area (Å²) in [5.74, 6) is -2.66. The fourth-order valence-corrected chi connectivity index (χ4v) is 2.93. The average Bonchev–Trinajstić information content (AvgIpc) is 2.85. The van der Waals surface area contributed by atoms with Gasteiger partial charge < -0.3 is 15.5 Å². The van der Waals surface area contributed by atoms with Crippen LogP contribution in [0, 0.1) is 13.8 Å². The second-order valence-corrected chi connectivity index (χ2v) is 6.29. The Bertz CT molecular complexity index is 922. The van der Waals surface area contributed by atoms with E-state index >= 15 is 0 Å². The molecule has 0 spiro atoms. The van der Waals surface area contributed by atoms with E-state index in [0.717, 1.165) is 33.8 Å². The minimum Gasteiger partial charge on any atom is -0.507 e. The van der Waals surface area contributed by atoms with Crippen molar-refractivity contribution in [2.45, 2.75) is 26.3 Å². The molecule has 26 heavy (non-hydrogen) atoms. The average molecular weight is 354 g/mol. The number of carbonyl (C=O) groups excluding carboxylic acids is 2. The number of carbonyl (C=O) groups is 3. The summed E-state index contributed by atoms with van der Waals surface area (Å²) in [6, 6.07) is 8.67. The quantitative estimate of drug-likeness (QED) is 0.728. The summed E-state index contributed by atoms with van der Waals surface area (Å²) in [5, 5.41) is 21.8. The van der Waals surface area contributed by atoms with Crippen LogP contribution >= 0.6 is 0 Å². The third-order valence-electron chi connectivity index (χ3n) is 4.34. The van der Waals surface area contributed by atoms with Crippen molar-refractivity contribution < 1.29 is 24.6 Å². The molecule has 1 heterocycles. The number of benzene rings is 2. The highest BCUT2D eigenvalue weighted by molar-refractivity contribution is 6.23. The third-order valence-corrected chi connectivity index (χ3v) is 4.34. The van der Waals surface area contributed by atoms with Crippen molar-refractivity contribution in [2.24, 2.45) is 0 Å². The first kappa shape index (κ1) is 17.5. The van der Waals surface area contributed by atoms with Gasteiger partial charge in [0, 0.05) is 5.69 Å². The lowest BCUT2D eigenvalue weighted by Gasteiger charge is -2.18. The van der Waals surface area contributed by atoms with Gasteiger partial charge in [-0.2, -0.15) is 0 Å². The first-order chi connectivity index (χ1) is 12.3. The lowest BCUT2D eigenvalue weighted by Crippen LogP contribution is -2.35. The standard InChI is InChI=1S/C19H18N2O5/c1-10-3-4-11(2)14(7-10)20-15-9-17(23)21(18(15)24)12-5-6-16(22)13(8-12)19(25)26/h3-8,15,20,22H,9H2,1-2H3,(H,25,26). The molecule has 1 aliphatic rings. The van der Waals surface area contributed by atoms with E-state index in [0.29, 0.717) is 0 Å². The van der Waals surface area contributed by atoms with E-state index in [1.54, 1.807) is 0 Å². The van der Waals surface area contributed by atoms with Gasteiger partial charge >= 0.3 is 5.97 Å². The monoisotopic (exact) mass is 354 g/mol. The molecular formula is C19H18N2O5. The number of nitrogens with zero attached hydrogens (tertiary/aromatic N) is 1. The summed E-state index contributed by atoms with van der Waals surface area (Å²) < 4.78 is 0. The predicted molar refractivity (Wildman–Crippen MR) is 95.5 cm³/mol. The number of rotatable bonds is 4. The molecule has 0 radical (unpaired) electrons. The Labute approximate surface area is 149 Å². The van der Waals surface area contributed by atoms with Crippen LogP contribution in [0.2, 0.25) is 0 Å². The van der Waals surface area contributed by atoms with E-state index in [-0.39, 0.29) is 17.7 Å². The van der Waals surface area contributed by atoms with E-state index in [4.69, 9.17) is 5.11 Å². The highest BCUT2D eigenvalue weighted by Crippen LogP contribution is 2.29. The van der Waals surface area contributed by atoms with Gasteiger partial charge in [-0.15, -0.1) is 0 Å². The van der Waals surface area contributed by atoms with Crippen LogP contribution < -0.4 is 10.2 Å². The zero-order chi connectivity index (χ0) is 19.0. The van der Waals surface area contributed by atoms with Gasteiger partial charge in [0.2, 0.25) is 5.91 Å². The predicted octanol–water partition coefficient (Wildman–Crippen LogP) is 2.45. The van der Waals surface area contributed by atoms with Crippen molar-refractivity contribution in [3.63, 3.8) is 0 Å². The first-order valence-corrected chi connectivity index (χ1v) is 8.05. The lowest BCUT2D eigenvalue weighted by atomic mass is 10.1. The van der Waals surface area contributed by atoms with Crippen LogP contribution in [0.25, 0.3) is 0 Å². The molecule has 134 valence electrons. The van der Waals surface area contributed by atoms with Crippen molar-refractivity contribution >= 4 is 29.2 Å². The van der Waals surface area contributed by atoms with Gasteiger partial charge in [-0.3, -0.25) is 9.59 Å². The molecule has 2 aromatic carbocycles. The molecule has 1 fully saturated rings. The molecule has 3 N–H and O–H groups in total. The minimum absolute atomic E-state index is 0.0322. The molecule has 1 unspecified atom stereocenters. The van der Waals surface area contributed by atoms with Gasteiger partial charge in [0.25, 0.3) is 5.91 Å². The number of aryl methyl sites for hydroxylation is 2. The van der Waals surface area contributed by atoms with Crippen molar-refractivity contribution in [2.75, 3.05) is 10.2 Å². The number of hydrogen-bond donors (Lipinski definition) is 3. The summed E-state index contributed by atoms with van der Waals surface area (Å²) in [6.45, 7) is 3.84. The molecular weight excluding hydrogens is 336 g/mol. The SMILES string of the molecule is Cc1ccc(C)c(NC2CC(=O)N(c3ccc(O)c(C(=O)O)c3)C2=O)c1. The number of aromatic hydroxyl groups is 1. The van der Waals surface area contributed by atoms with E-state index in [9.17, 15) is 19.5 Å². The van der Waals surface area contributed by atoms with Gasteiger partial charge in [0.1, 0.15) is 17.4 Å². The summed E-state index contributed by atoms with van der Waals surface area (Å²) in [5.41, 5.74) is 2.51. The van der Waals surface area contributed by atoms with E-state index in [1.807, 2.05) is 32.0 Å². The number of imide groups is 1. The van der Waals surface area contributed by atoms with Gasteiger partial charge in [-0.05, 0) is 49.2 Å². The van der Waals surface area contributed by atoms with Crippen LogP contribution in [0.1, 0.15) is 27.9 Å². The largest absolute Gasteiger partial charge is 0.507 e. The maximum atomic E-state index is 12.7. The molecule has 0 aliphatic carbocycles. The third kappa shape index (κ3) is 3.11. The number of hydrogen-bond acceptors (Lipinski definition) is 5. The molecule has 0 bridgehead atoms. The second-order valence-electron chi connectivity index (χ2n) is 6.29. The smallest absolute Gasteiger partial charge is 0.339 e.